The number of carbonyl (C=O) groups excluding carboxylic acids is 2. The lowest BCUT2D eigenvalue weighted by Gasteiger charge is -2.37. The Morgan fingerprint density at radius 2 is 1.74 bits per heavy atom. The fraction of sp³-hybridized carbons (Fsp3) is 0.619. The van der Waals surface area contributed by atoms with E-state index in [2.05, 4.69) is 16.0 Å². The maximum Gasteiger partial charge on any atom is 0.251 e. The van der Waals surface area contributed by atoms with Gasteiger partial charge in [-0.1, -0.05) is 32.9 Å². The third-order valence-corrected chi connectivity index (χ3v) is 5.09. The Morgan fingerprint density at radius 1 is 1.11 bits per heavy atom. The molecule has 6 nitrogen and oxygen atoms in total. The zero-order chi connectivity index (χ0) is 19.9. The number of benzene rings is 1. The molecule has 0 aliphatic carbocycles. The molecule has 0 radical (unpaired) electrons. The van der Waals surface area contributed by atoms with Crippen molar-refractivity contribution >= 4 is 11.8 Å². The molecule has 1 heterocycles. The fourth-order valence-corrected chi connectivity index (χ4v) is 3.23. The SMILES string of the molecule is COCC1(CNC(=O)c2ccc(CNC(=O)C(C)(C)C)cc2)CCNCC1. The number of hydrogen-bond acceptors (Lipinski definition) is 4. The van der Waals surface area contributed by atoms with Gasteiger partial charge in [0.1, 0.15) is 0 Å². The molecule has 3 N–H and O–H groups in total. The minimum Gasteiger partial charge on any atom is -0.384 e. The molecule has 1 aromatic rings. The normalized spacial score (nSPS) is 16.6. The van der Waals surface area contributed by atoms with Crippen LogP contribution in [-0.2, 0) is 16.1 Å². The number of nitrogens with one attached hydrogen (secondary N) is 3. The third-order valence-electron chi connectivity index (χ3n) is 5.09. The van der Waals surface area contributed by atoms with Crippen LogP contribution in [0.25, 0.3) is 0 Å². The topological polar surface area (TPSA) is 79.5 Å². The van der Waals surface area contributed by atoms with E-state index in [0.717, 1.165) is 31.5 Å². The molecule has 0 atom stereocenters. The number of hydrogen-bond donors (Lipinski definition) is 3. The van der Waals surface area contributed by atoms with E-state index in [-0.39, 0.29) is 17.2 Å². The monoisotopic (exact) mass is 375 g/mol. The van der Waals surface area contributed by atoms with Crippen LogP contribution in [0.4, 0.5) is 0 Å². The zero-order valence-corrected chi connectivity index (χ0v) is 17.0. The summed E-state index contributed by atoms with van der Waals surface area (Å²) in [5.74, 6) is -0.0657. The maximum absolute atomic E-state index is 12.5. The third kappa shape index (κ3) is 6.33. The molecule has 150 valence electrons. The van der Waals surface area contributed by atoms with Crippen LogP contribution in [-0.4, -0.2) is 45.2 Å². The van der Waals surface area contributed by atoms with Crippen LogP contribution in [0.1, 0.15) is 49.5 Å². The largest absolute Gasteiger partial charge is 0.384 e. The molecule has 1 aromatic carbocycles. The minimum atomic E-state index is -0.410. The molecule has 27 heavy (non-hydrogen) atoms. The molecular weight excluding hydrogens is 342 g/mol. The van der Waals surface area contributed by atoms with Crippen molar-refractivity contribution in [1.82, 2.24) is 16.0 Å². The van der Waals surface area contributed by atoms with E-state index in [1.54, 1.807) is 19.2 Å². The fourth-order valence-electron chi connectivity index (χ4n) is 3.23. The van der Waals surface area contributed by atoms with Crippen molar-refractivity contribution in [2.24, 2.45) is 10.8 Å². The molecular formula is C21H33N3O3. The quantitative estimate of drug-likeness (QED) is 0.682. The lowest BCUT2D eigenvalue weighted by molar-refractivity contribution is -0.128. The molecule has 2 rings (SSSR count). The van der Waals surface area contributed by atoms with Crippen LogP contribution >= 0.6 is 0 Å². The number of amides is 2. The van der Waals surface area contributed by atoms with Crippen LogP contribution in [0, 0.1) is 10.8 Å². The molecule has 0 unspecified atom stereocenters. The lowest BCUT2D eigenvalue weighted by Crippen LogP contribution is -2.47. The van der Waals surface area contributed by atoms with Gasteiger partial charge in [0, 0.05) is 36.6 Å². The minimum absolute atomic E-state index is 0.00678. The van der Waals surface area contributed by atoms with Crippen LogP contribution in [0.3, 0.4) is 0 Å². The molecule has 0 spiro atoms. The van der Waals surface area contributed by atoms with Gasteiger partial charge in [0.15, 0.2) is 0 Å². The van der Waals surface area contributed by atoms with Gasteiger partial charge < -0.3 is 20.7 Å². The van der Waals surface area contributed by atoms with E-state index in [9.17, 15) is 9.59 Å². The van der Waals surface area contributed by atoms with Crippen molar-refractivity contribution in [3.05, 3.63) is 35.4 Å². The number of ether oxygens (including phenoxy) is 1. The van der Waals surface area contributed by atoms with Gasteiger partial charge in [-0.15, -0.1) is 0 Å². The van der Waals surface area contributed by atoms with Gasteiger partial charge in [-0.2, -0.15) is 0 Å². The second kappa shape index (κ2) is 9.33. The van der Waals surface area contributed by atoms with Gasteiger partial charge in [0.2, 0.25) is 5.91 Å². The number of methoxy groups -OCH3 is 1. The van der Waals surface area contributed by atoms with E-state index >= 15 is 0 Å². The van der Waals surface area contributed by atoms with Crippen molar-refractivity contribution in [1.29, 1.82) is 0 Å². The van der Waals surface area contributed by atoms with Crippen molar-refractivity contribution in [2.45, 2.75) is 40.2 Å². The van der Waals surface area contributed by atoms with Crippen molar-refractivity contribution in [2.75, 3.05) is 33.4 Å². The predicted octanol–water partition coefficient (Wildman–Crippen LogP) is 2.09. The summed E-state index contributed by atoms with van der Waals surface area (Å²) in [6.45, 7) is 9.29. The van der Waals surface area contributed by atoms with Gasteiger partial charge >= 0.3 is 0 Å². The van der Waals surface area contributed by atoms with Crippen molar-refractivity contribution in [3.63, 3.8) is 0 Å². The van der Waals surface area contributed by atoms with Crippen LogP contribution in [0.2, 0.25) is 0 Å². The first-order chi connectivity index (χ1) is 12.8. The molecule has 0 bridgehead atoms. The Hall–Kier alpha value is -1.92. The summed E-state index contributed by atoms with van der Waals surface area (Å²) in [6.07, 6.45) is 1.99. The molecule has 2 amide bonds. The average Bonchev–Trinajstić information content (AvgIpc) is 2.65. The van der Waals surface area contributed by atoms with E-state index < -0.39 is 5.41 Å². The van der Waals surface area contributed by atoms with E-state index in [1.807, 2.05) is 32.9 Å². The second-order valence-electron chi connectivity index (χ2n) is 8.50. The first kappa shape index (κ1) is 21.4. The summed E-state index contributed by atoms with van der Waals surface area (Å²) in [5, 5.41) is 9.34. The molecule has 1 aliphatic heterocycles. The Morgan fingerprint density at radius 3 is 2.30 bits per heavy atom. The maximum atomic E-state index is 12.5. The second-order valence-corrected chi connectivity index (χ2v) is 8.50. The molecule has 6 heteroatoms. The van der Waals surface area contributed by atoms with E-state index in [4.69, 9.17) is 4.74 Å². The Balaban J connectivity index is 1.88. The van der Waals surface area contributed by atoms with E-state index in [1.165, 1.54) is 0 Å². The molecule has 0 saturated carbocycles. The highest BCUT2D eigenvalue weighted by atomic mass is 16.5. The van der Waals surface area contributed by atoms with Crippen molar-refractivity contribution in [3.8, 4) is 0 Å². The van der Waals surface area contributed by atoms with Gasteiger partial charge in [-0.05, 0) is 43.6 Å². The summed E-state index contributed by atoms with van der Waals surface area (Å²) >= 11 is 0. The van der Waals surface area contributed by atoms with Gasteiger partial charge in [0.05, 0.1) is 6.61 Å². The first-order valence-electron chi connectivity index (χ1n) is 9.61. The van der Waals surface area contributed by atoms with Crippen LogP contribution in [0.15, 0.2) is 24.3 Å². The van der Waals surface area contributed by atoms with Crippen LogP contribution in [0.5, 0.6) is 0 Å². The number of piperidine rings is 1. The lowest BCUT2D eigenvalue weighted by atomic mass is 9.79. The summed E-state index contributed by atoms with van der Waals surface area (Å²) in [6, 6.07) is 7.37. The zero-order valence-electron chi connectivity index (χ0n) is 17.0. The molecule has 1 aliphatic rings. The summed E-state index contributed by atoms with van der Waals surface area (Å²) < 4.78 is 5.39. The smallest absolute Gasteiger partial charge is 0.251 e. The number of rotatable bonds is 7. The highest BCUT2D eigenvalue weighted by molar-refractivity contribution is 5.94. The predicted molar refractivity (Wildman–Crippen MR) is 106 cm³/mol. The molecule has 1 fully saturated rings. The van der Waals surface area contributed by atoms with Gasteiger partial charge in [-0.3, -0.25) is 9.59 Å². The summed E-state index contributed by atoms with van der Waals surface area (Å²) in [7, 11) is 1.71. The summed E-state index contributed by atoms with van der Waals surface area (Å²) in [5.41, 5.74) is 1.19. The Bertz CT molecular complexity index is 624. The molecule has 0 aromatic heterocycles. The number of carbonyl (C=O) groups is 2. The highest BCUT2D eigenvalue weighted by Crippen LogP contribution is 2.28. The van der Waals surface area contributed by atoms with Gasteiger partial charge in [-0.25, -0.2) is 0 Å². The van der Waals surface area contributed by atoms with Gasteiger partial charge in [0.25, 0.3) is 5.91 Å². The standard InChI is InChI=1S/C21H33N3O3/c1-20(2,3)19(26)23-13-16-5-7-17(8-6-16)18(25)24-14-21(15-27-4)9-11-22-12-10-21/h5-8,22H,9-15H2,1-4H3,(H,23,26)(H,24,25). The van der Waals surface area contributed by atoms with E-state index in [0.29, 0.717) is 25.3 Å². The molecule has 1 saturated heterocycles. The first-order valence-corrected chi connectivity index (χ1v) is 9.61. The highest BCUT2D eigenvalue weighted by Gasteiger charge is 2.32. The average molecular weight is 376 g/mol. The Kier molecular flexibility index (Phi) is 7.39. The van der Waals surface area contributed by atoms with Crippen molar-refractivity contribution < 1.29 is 14.3 Å². The summed E-state index contributed by atoms with van der Waals surface area (Å²) in [4.78, 5) is 24.4. The van der Waals surface area contributed by atoms with Crippen LogP contribution < -0.4 is 16.0 Å². The Labute approximate surface area is 162 Å².